The van der Waals surface area contributed by atoms with Crippen LogP contribution in [0, 0.1) is 5.82 Å². The van der Waals surface area contributed by atoms with Gasteiger partial charge in [0.2, 0.25) is 0 Å². The number of aromatic nitrogens is 2. The maximum Gasteiger partial charge on any atom is 0.337 e. The molecule has 0 amide bonds. The van der Waals surface area contributed by atoms with Gasteiger partial charge in [0, 0.05) is 10.9 Å². The molecule has 1 aromatic heterocycles. The number of aromatic amines is 1. The van der Waals surface area contributed by atoms with Crippen LogP contribution in [0.2, 0.25) is 0 Å². The van der Waals surface area contributed by atoms with Crippen molar-refractivity contribution in [1.82, 2.24) is 10.2 Å². The number of phenolic OH excluding ortho intramolecular Hbond substituents is 1. The first kappa shape index (κ1) is 13.1. The fraction of sp³-hybridized carbons (Fsp3) is 0.0667. The van der Waals surface area contributed by atoms with Crippen molar-refractivity contribution in [3.05, 3.63) is 47.9 Å². The molecule has 2 aromatic carbocycles. The second-order valence-electron chi connectivity index (χ2n) is 4.49. The number of hydrogen-bond donors (Lipinski definition) is 2. The standard InChI is InChI=1S/C15H11FN2O3/c1-21-15(20)8-5-10(11-7-17-18-12(11)6-8)9-3-2-4-13(19)14(9)16/h2-7,19H,1H3,(H,17,18). The van der Waals surface area contributed by atoms with Crippen LogP contribution in [-0.2, 0) is 4.74 Å². The number of nitrogens with zero attached hydrogens (tertiary/aromatic N) is 1. The number of esters is 1. The Morgan fingerprint density at radius 3 is 2.90 bits per heavy atom. The molecule has 0 aliphatic heterocycles. The molecule has 0 aliphatic carbocycles. The monoisotopic (exact) mass is 286 g/mol. The Balaban J connectivity index is 2.32. The van der Waals surface area contributed by atoms with Gasteiger partial charge in [0.05, 0.1) is 24.4 Å². The number of phenols is 1. The highest BCUT2D eigenvalue weighted by Gasteiger charge is 2.16. The number of aromatic hydroxyl groups is 1. The van der Waals surface area contributed by atoms with Crippen molar-refractivity contribution >= 4 is 16.9 Å². The number of ether oxygens (including phenoxy) is 1. The van der Waals surface area contributed by atoms with Crippen molar-refractivity contribution in [2.45, 2.75) is 0 Å². The van der Waals surface area contributed by atoms with Gasteiger partial charge in [0.15, 0.2) is 11.6 Å². The number of carbonyl (C=O) groups is 1. The average molecular weight is 286 g/mol. The van der Waals surface area contributed by atoms with Gasteiger partial charge in [-0.15, -0.1) is 0 Å². The van der Waals surface area contributed by atoms with Crippen LogP contribution in [0.3, 0.4) is 0 Å². The quantitative estimate of drug-likeness (QED) is 0.710. The highest BCUT2D eigenvalue weighted by Crippen LogP contribution is 2.34. The number of nitrogens with one attached hydrogen (secondary N) is 1. The minimum absolute atomic E-state index is 0.187. The van der Waals surface area contributed by atoms with Crippen molar-refractivity contribution in [2.75, 3.05) is 7.11 Å². The summed E-state index contributed by atoms with van der Waals surface area (Å²) in [6.45, 7) is 0. The molecule has 0 radical (unpaired) electrons. The smallest absolute Gasteiger partial charge is 0.337 e. The van der Waals surface area contributed by atoms with Crippen molar-refractivity contribution in [2.24, 2.45) is 0 Å². The molecule has 0 fully saturated rings. The van der Waals surface area contributed by atoms with E-state index in [1.165, 1.54) is 37.6 Å². The topological polar surface area (TPSA) is 75.2 Å². The van der Waals surface area contributed by atoms with E-state index in [0.29, 0.717) is 16.5 Å². The third-order valence-electron chi connectivity index (χ3n) is 3.25. The van der Waals surface area contributed by atoms with Gasteiger partial charge in [-0.25, -0.2) is 9.18 Å². The summed E-state index contributed by atoms with van der Waals surface area (Å²) in [6.07, 6.45) is 1.54. The second kappa shape index (κ2) is 4.90. The lowest BCUT2D eigenvalue weighted by molar-refractivity contribution is 0.0601. The Morgan fingerprint density at radius 1 is 1.33 bits per heavy atom. The predicted molar refractivity (Wildman–Crippen MR) is 74.5 cm³/mol. The lowest BCUT2D eigenvalue weighted by Crippen LogP contribution is -2.01. The molecule has 5 nitrogen and oxygen atoms in total. The number of rotatable bonds is 2. The summed E-state index contributed by atoms with van der Waals surface area (Å²) in [7, 11) is 1.27. The summed E-state index contributed by atoms with van der Waals surface area (Å²) in [5.74, 6) is -1.73. The van der Waals surface area contributed by atoms with Crippen LogP contribution in [-0.4, -0.2) is 28.4 Å². The summed E-state index contributed by atoms with van der Waals surface area (Å²) in [5.41, 5.74) is 1.49. The molecule has 0 bridgehead atoms. The van der Waals surface area contributed by atoms with Gasteiger partial charge in [-0.1, -0.05) is 12.1 Å². The van der Waals surface area contributed by atoms with Gasteiger partial charge < -0.3 is 9.84 Å². The van der Waals surface area contributed by atoms with Gasteiger partial charge in [-0.05, 0) is 23.8 Å². The molecule has 0 unspecified atom stereocenters. The molecule has 0 saturated carbocycles. The number of methoxy groups -OCH3 is 1. The number of benzene rings is 2. The fourth-order valence-electron chi connectivity index (χ4n) is 2.24. The first-order valence-corrected chi connectivity index (χ1v) is 6.15. The summed E-state index contributed by atoms with van der Waals surface area (Å²) in [6, 6.07) is 7.41. The van der Waals surface area contributed by atoms with E-state index in [1.54, 1.807) is 6.07 Å². The number of fused-ring (bicyclic) bond motifs is 1. The average Bonchev–Trinajstić information content (AvgIpc) is 2.96. The third-order valence-corrected chi connectivity index (χ3v) is 3.25. The van der Waals surface area contributed by atoms with Crippen molar-refractivity contribution < 1.29 is 19.0 Å². The number of hydrogen-bond acceptors (Lipinski definition) is 4. The van der Waals surface area contributed by atoms with Crippen LogP contribution in [0.25, 0.3) is 22.0 Å². The highest BCUT2D eigenvalue weighted by atomic mass is 19.1. The van der Waals surface area contributed by atoms with Crippen LogP contribution in [0.15, 0.2) is 36.5 Å². The molecule has 3 rings (SSSR count). The zero-order valence-corrected chi connectivity index (χ0v) is 11.1. The lowest BCUT2D eigenvalue weighted by atomic mass is 9.98. The van der Waals surface area contributed by atoms with Gasteiger partial charge >= 0.3 is 5.97 Å². The first-order valence-electron chi connectivity index (χ1n) is 6.15. The molecule has 6 heteroatoms. The van der Waals surface area contributed by atoms with E-state index in [1.807, 2.05) is 0 Å². The highest BCUT2D eigenvalue weighted by molar-refractivity contribution is 6.01. The maximum atomic E-state index is 14.1. The third kappa shape index (κ3) is 2.10. The van der Waals surface area contributed by atoms with E-state index in [4.69, 9.17) is 4.74 Å². The Labute approximate surface area is 119 Å². The molecule has 0 atom stereocenters. The molecular weight excluding hydrogens is 275 g/mol. The zero-order chi connectivity index (χ0) is 15.0. The fourth-order valence-corrected chi connectivity index (χ4v) is 2.24. The minimum atomic E-state index is -0.748. The lowest BCUT2D eigenvalue weighted by Gasteiger charge is -2.08. The van der Waals surface area contributed by atoms with E-state index in [2.05, 4.69) is 10.2 Å². The molecule has 0 spiro atoms. The number of carbonyl (C=O) groups excluding carboxylic acids is 1. The Bertz CT molecular complexity index is 842. The van der Waals surface area contributed by atoms with Gasteiger partial charge in [0.25, 0.3) is 0 Å². The zero-order valence-electron chi connectivity index (χ0n) is 11.1. The van der Waals surface area contributed by atoms with Gasteiger partial charge in [-0.3, -0.25) is 5.10 Å². The second-order valence-corrected chi connectivity index (χ2v) is 4.49. The van der Waals surface area contributed by atoms with Crippen LogP contribution < -0.4 is 0 Å². The van der Waals surface area contributed by atoms with Crippen molar-refractivity contribution in [3.63, 3.8) is 0 Å². The summed E-state index contributed by atoms with van der Waals surface area (Å²) >= 11 is 0. The van der Waals surface area contributed by atoms with Crippen molar-refractivity contribution in [1.29, 1.82) is 0 Å². The molecule has 106 valence electrons. The summed E-state index contributed by atoms with van der Waals surface area (Å²) < 4.78 is 18.8. The molecule has 1 heterocycles. The largest absolute Gasteiger partial charge is 0.505 e. The Kier molecular flexibility index (Phi) is 3.06. The summed E-state index contributed by atoms with van der Waals surface area (Å²) in [5, 5.41) is 16.8. The number of halogens is 1. The normalized spacial score (nSPS) is 10.8. The maximum absolute atomic E-state index is 14.1. The Hall–Kier alpha value is -2.89. The van der Waals surface area contributed by atoms with E-state index >= 15 is 0 Å². The van der Waals surface area contributed by atoms with Crippen LogP contribution in [0.1, 0.15) is 10.4 Å². The van der Waals surface area contributed by atoms with E-state index in [0.717, 1.165) is 0 Å². The van der Waals surface area contributed by atoms with E-state index in [-0.39, 0.29) is 11.1 Å². The predicted octanol–water partition coefficient (Wildman–Crippen LogP) is 2.86. The molecule has 0 aliphatic rings. The SMILES string of the molecule is COC(=O)c1cc(-c2cccc(O)c2F)c2cn[nH]c2c1. The molecular formula is C15H11FN2O3. The van der Waals surface area contributed by atoms with Crippen LogP contribution in [0.5, 0.6) is 5.75 Å². The Morgan fingerprint density at radius 2 is 2.14 bits per heavy atom. The molecule has 2 N–H and O–H groups in total. The van der Waals surface area contributed by atoms with Crippen LogP contribution in [0.4, 0.5) is 4.39 Å². The minimum Gasteiger partial charge on any atom is -0.505 e. The van der Waals surface area contributed by atoms with E-state index < -0.39 is 17.5 Å². The molecule has 3 aromatic rings. The number of H-pyrrole nitrogens is 1. The van der Waals surface area contributed by atoms with Gasteiger partial charge in [-0.2, -0.15) is 5.10 Å². The summed E-state index contributed by atoms with van der Waals surface area (Å²) in [4.78, 5) is 11.7. The van der Waals surface area contributed by atoms with E-state index in [9.17, 15) is 14.3 Å². The van der Waals surface area contributed by atoms with Crippen molar-refractivity contribution in [3.8, 4) is 16.9 Å². The van der Waals surface area contributed by atoms with Gasteiger partial charge in [0.1, 0.15) is 0 Å². The first-order chi connectivity index (χ1) is 10.1. The molecule has 21 heavy (non-hydrogen) atoms. The molecule has 0 saturated heterocycles. The van der Waals surface area contributed by atoms with Crippen LogP contribution >= 0.6 is 0 Å².